The van der Waals surface area contributed by atoms with Crippen molar-refractivity contribution in [3.05, 3.63) is 97.2 Å². The van der Waals surface area contributed by atoms with Gasteiger partial charge in [-0.15, -0.1) is 0 Å². The van der Waals surface area contributed by atoms with E-state index in [1.165, 1.54) is 0 Å². The Bertz CT molecular complexity index is 945. The molecule has 0 rings (SSSR count). The molecule has 0 aromatic heterocycles. The summed E-state index contributed by atoms with van der Waals surface area (Å²) in [6, 6.07) is 0. The molecule has 0 radical (unpaired) electrons. The molecule has 0 heterocycles. The minimum absolute atomic E-state index is 0.0987. The molecule has 258 valence electrons. The summed E-state index contributed by atoms with van der Waals surface area (Å²) >= 11 is 0. The van der Waals surface area contributed by atoms with Crippen molar-refractivity contribution >= 4 is 11.9 Å². The first-order valence-electron chi connectivity index (χ1n) is 18.2. The highest BCUT2D eigenvalue weighted by atomic mass is 16.5. The van der Waals surface area contributed by atoms with Gasteiger partial charge in [0.25, 0.3) is 0 Å². The summed E-state index contributed by atoms with van der Waals surface area (Å²) < 4.78 is 5.86. The van der Waals surface area contributed by atoms with Crippen molar-refractivity contribution in [2.75, 3.05) is 0 Å². The van der Waals surface area contributed by atoms with Gasteiger partial charge in [-0.25, -0.2) is 0 Å². The second-order valence-electron chi connectivity index (χ2n) is 11.6. The number of esters is 1. The second kappa shape index (κ2) is 36.3. The first kappa shape index (κ1) is 42.9. The maximum atomic E-state index is 12.6. The van der Waals surface area contributed by atoms with Gasteiger partial charge in [-0.05, 0) is 96.0 Å². The molecule has 0 amide bonds. The lowest BCUT2D eigenvalue weighted by Crippen LogP contribution is -2.16. The van der Waals surface area contributed by atoms with Crippen LogP contribution >= 0.6 is 0 Å². The molecule has 0 saturated carbocycles. The van der Waals surface area contributed by atoms with Crippen LogP contribution in [0.4, 0.5) is 0 Å². The molecule has 0 aromatic rings. The van der Waals surface area contributed by atoms with Crippen LogP contribution in [0.2, 0.25) is 0 Å². The second-order valence-corrected chi connectivity index (χ2v) is 11.6. The number of hydrogen-bond donors (Lipinski definition) is 1. The largest absolute Gasteiger partial charge is 0.481 e. The van der Waals surface area contributed by atoms with Crippen LogP contribution in [0, 0.1) is 0 Å². The van der Waals surface area contributed by atoms with Gasteiger partial charge < -0.3 is 9.84 Å². The zero-order chi connectivity index (χ0) is 33.6. The molecule has 0 spiro atoms. The fraction of sp³-hybridized carbons (Fsp3) is 0.571. The molecule has 0 aromatic carbocycles. The molecule has 0 fully saturated rings. The van der Waals surface area contributed by atoms with E-state index in [9.17, 15) is 9.59 Å². The van der Waals surface area contributed by atoms with Crippen LogP contribution in [-0.4, -0.2) is 23.1 Å². The van der Waals surface area contributed by atoms with Crippen molar-refractivity contribution in [1.29, 1.82) is 0 Å². The molecule has 1 atom stereocenters. The van der Waals surface area contributed by atoms with E-state index < -0.39 is 5.97 Å². The maximum absolute atomic E-state index is 12.6. The lowest BCUT2D eigenvalue weighted by atomic mass is 10.1. The molecular weight excluding hydrogens is 568 g/mol. The molecule has 1 N–H and O–H groups in total. The van der Waals surface area contributed by atoms with Gasteiger partial charge in [0.05, 0.1) is 0 Å². The van der Waals surface area contributed by atoms with Gasteiger partial charge in [-0.1, -0.05) is 137 Å². The molecule has 1 unspecified atom stereocenters. The Hall–Kier alpha value is -3.14. The van der Waals surface area contributed by atoms with E-state index in [2.05, 4.69) is 111 Å². The van der Waals surface area contributed by atoms with E-state index in [0.29, 0.717) is 6.42 Å². The average molecular weight is 635 g/mol. The van der Waals surface area contributed by atoms with E-state index in [-0.39, 0.29) is 18.5 Å². The van der Waals surface area contributed by atoms with E-state index in [1.807, 2.05) is 0 Å². The SMILES string of the molecule is CC/C=C\C/C=C\C/C=C\C/C=C\C/C=C\CCCCCC(=O)OC(/C=C\C/C=C\C/C=C\CC)CCCCCCCCC(=O)O. The van der Waals surface area contributed by atoms with E-state index in [1.54, 1.807) is 0 Å². The van der Waals surface area contributed by atoms with Crippen LogP contribution in [0.3, 0.4) is 0 Å². The molecule has 0 saturated heterocycles. The average Bonchev–Trinajstić information content (AvgIpc) is 3.04. The van der Waals surface area contributed by atoms with Gasteiger partial charge >= 0.3 is 11.9 Å². The first-order chi connectivity index (χ1) is 22.6. The third kappa shape index (κ3) is 35.3. The van der Waals surface area contributed by atoms with E-state index in [4.69, 9.17) is 9.84 Å². The van der Waals surface area contributed by atoms with E-state index in [0.717, 1.165) is 122 Å². The summed E-state index contributed by atoms with van der Waals surface area (Å²) in [5.74, 6) is -0.813. The zero-order valence-corrected chi connectivity index (χ0v) is 29.3. The first-order valence-corrected chi connectivity index (χ1v) is 18.2. The molecule has 4 heteroatoms. The number of unbranched alkanes of at least 4 members (excludes halogenated alkanes) is 8. The molecule has 0 aliphatic heterocycles. The highest BCUT2D eigenvalue weighted by molar-refractivity contribution is 5.69. The highest BCUT2D eigenvalue weighted by Crippen LogP contribution is 2.14. The van der Waals surface area contributed by atoms with Crippen molar-refractivity contribution in [3.63, 3.8) is 0 Å². The zero-order valence-electron chi connectivity index (χ0n) is 29.3. The minimum atomic E-state index is -0.714. The Morgan fingerprint density at radius 3 is 1.43 bits per heavy atom. The number of rotatable bonds is 31. The fourth-order valence-corrected chi connectivity index (χ4v) is 4.67. The Morgan fingerprint density at radius 2 is 0.913 bits per heavy atom. The van der Waals surface area contributed by atoms with E-state index >= 15 is 0 Å². The third-order valence-electron chi connectivity index (χ3n) is 7.29. The molecule has 0 aliphatic carbocycles. The molecular formula is C42H66O4. The normalized spacial score (nSPS) is 13.4. The van der Waals surface area contributed by atoms with Crippen molar-refractivity contribution < 1.29 is 19.4 Å². The number of carbonyl (C=O) groups excluding carboxylic acids is 1. The van der Waals surface area contributed by atoms with Crippen LogP contribution < -0.4 is 0 Å². The van der Waals surface area contributed by atoms with Gasteiger partial charge in [0, 0.05) is 12.8 Å². The summed E-state index contributed by atoms with van der Waals surface area (Å²) in [6.45, 7) is 4.29. The number of carboxylic acid groups (broad SMARTS) is 1. The topological polar surface area (TPSA) is 63.6 Å². The van der Waals surface area contributed by atoms with Crippen molar-refractivity contribution in [1.82, 2.24) is 0 Å². The Morgan fingerprint density at radius 1 is 0.500 bits per heavy atom. The van der Waals surface area contributed by atoms with Crippen LogP contribution in [0.5, 0.6) is 0 Å². The number of carbonyl (C=O) groups is 2. The molecule has 4 nitrogen and oxygen atoms in total. The van der Waals surface area contributed by atoms with Crippen molar-refractivity contribution in [2.24, 2.45) is 0 Å². The highest BCUT2D eigenvalue weighted by Gasteiger charge is 2.11. The number of carboxylic acids is 1. The Balaban J connectivity index is 4.19. The third-order valence-corrected chi connectivity index (χ3v) is 7.29. The fourth-order valence-electron chi connectivity index (χ4n) is 4.67. The van der Waals surface area contributed by atoms with Gasteiger partial charge in [0.1, 0.15) is 6.10 Å². The van der Waals surface area contributed by atoms with Crippen LogP contribution in [0.25, 0.3) is 0 Å². The number of ether oxygens (including phenoxy) is 1. The Kier molecular flexibility index (Phi) is 33.8. The van der Waals surface area contributed by atoms with Crippen LogP contribution in [0.1, 0.15) is 149 Å². The van der Waals surface area contributed by atoms with Gasteiger partial charge in [0.15, 0.2) is 0 Å². The van der Waals surface area contributed by atoms with Gasteiger partial charge in [-0.2, -0.15) is 0 Å². The monoisotopic (exact) mass is 634 g/mol. The number of aliphatic carboxylic acids is 1. The summed E-state index contributed by atoms with van der Waals surface area (Å²) in [7, 11) is 0. The summed E-state index contributed by atoms with van der Waals surface area (Å²) in [5.41, 5.74) is 0. The Labute approximate surface area is 282 Å². The van der Waals surface area contributed by atoms with Gasteiger partial charge in [0.2, 0.25) is 0 Å². The van der Waals surface area contributed by atoms with Crippen LogP contribution in [0.15, 0.2) is 97.2 Å². The predicted molar refractivity (Wildman–Crippen MR) is 199 cm³/mol. The quantitative estimate of drug-likeness (QED) is 0.0468. The van der Waals surface area contributed by atoms with Gasteiger partial charge in [-0.3, -0.25) is 9.59 Å². The minimum Gasteiger partial charge on any atom is -0.481 e. The standard InChI is InChI=1S/C42H66O4/c1-3-5-7-9-11-13-14-15-16-17-18-19-20-21-22-23-25-31-35-39-42(45)46-40(36-32-28-24-12-10-8-6-4-2)37-33-29-26-27-30-34-38-41(43)44/h5-8,11-13,15-16,18-19,21-22,24,32,36,40H,3-4,9-10,14,17,20,23,25-31,33-35,37-39H2,1-2H3,(H,43,44)/b7-5-,8-6-,13-11-,16-15-,19-18-,22-21-,24-12-,36-32-. The smallest absolute Gasteiger partial charge is 0.306 e. The summed E-state index contributed by atoms with van der Waals surface area (Å²) in [5, 5.41) is 8.76. The maximum Gasteiger partial charge on any atom is 0.306 e. The van der Waals surface area contributed by atoms with Crippen molar-refractivity contribution in [2.45, 2.75) is 155 Å². The summed E-state index contributed by atoms with van der Waals surface area (Å²) in [4.78, 5) is 23.2. The van der Waals surface area contributed by atoms with Crippen LogP contribution in [-0.2, 0) is 14.3 Å². The number of allylic oxidation sites excluding steroid dienone is 15. The lowest BCUT2D eigenvalue weighted by molar-refractivity contribution is -0.147. The summed E-state index contributed by atoms with van der Waals surface area (Å²) in [6.07, 6.45) is 54.4. The molecule has 0 aliphatic rings. The number of hydrogen-bond acceptors (Lipinski definition) is 3. The molecule has 0 bridgehead atoms. The predicted octanol–water partition coefficient (Wildman–Crippen LogP) is 12.7. The van der Waals surface area contributed by atoms with Crippen molar-refractivity contribution in [3.8, 4) is 0 Å². The molecule has 46 heavy (non-hydrogen) atoms. The lowest BCUT2D eigenvalue weighted by Gasteiger charge is -2.14.